The van der Waals surface area contributed by atoms with E-state index in [-0.39, 0.29) is 5.56 Å². The second-order valence-electron chi connectivity index (χ2n) is 5.52. The molecule has 0 aliphatic heterocycles. The van der Waals surface area contributed by atoms with Crippen LogP contribution in [-0.2, 0) is 21.2 Å². The maximum atomic E-state index is 13.4. The van der Waals surface area contributed by atoms with Crippen LogP contribution in [0.25, 0.3) is 0 Å². The van der Waals surface area contributed by atoms with Crippen LogP contribution in [0, 0.1) is 5.82 Å². The summed E-state index contributed by atoms with van der Waals surface area (Å²) in [4.78, 5) is 10.9. The largest absolute Gasteiger partial charge is 0.573 e. The molecule has 0 aliphatic carbocycles. The first-order chi connectivity index (χ1) is 12.9. The van der Waals surface area contributed by atoms with E-state index in [4.69, 9.17) is 5.11 Å². The van der Waals surface area contributed by atoms with Crippen molar-refractivity contribution in [3.63, 3.8) is 0 Å². The van der Waals surface area contributed by atoms with Crippen molar-refractivity contribution in [2.75, 3.05) is 0 Å². The van der Waals surface area contributed by atoms with Gasteiger partial charge in [0, 0.05) is 0 Å². The molecule has 12 heteroatoms. The summed E-state index contributed by atoms with van der Waals surface area (Å²) in [5.74, 6) is -3.88. The Morgan fingerprint density at radius 3 is 2.25 bits per heavy atom. The molecule has 3 N–H and O–H groups in total. The lowest BCUT2D eigenvalue weighted by atomic mass is 10.1. The molecule has 0 aliphatic rings. The Morgan fingerprint density at radius 2 is 1.75 bits per heavy atom. The number of hydrogen-bond donors (Lipinski definition) is 3. The van der Waals surface area contributed by atoms with Crippen LogP contribution < -0.4 is 9.46 Å². The van der Waals surface area contributed by atoms with Crippen LogP contribution in [0.5, 0.6) is 11.5 Å². The van der Waals surface area contributed by atoms with Gasteiger partial charge in [-0.1, -0.05) is 6.07 Å². The van der Waals surface area contributed by atoms with Gasteiger partial charge in [0.2, 0.25) is 10.0 Å². The summed E-state index contributed by atoms with van der Waals surface area (Å²) in [5, 5.41) is 18.4. The average Bonchev–Trinajstić information content (AvgIpc) is 2.56. The van der Waals surface area contributed by atoms with Gasteiger partial charge in [0.25, 0.3) is 0 Å². The number of carboxylic acid groups (broad SMARTS) is 1. The maximum Gasteiger partial charge on any atom is 0.573 e. The fraction of sp³-hybridized carbons (Fsp3) is 0.188. The summed E-state index contributed by atoms with van der Waals surface area (Å²) in [6, 6.07) is 4.48. The summed E-state index contributed by atoms with van der Waals surface area (Å²) in [7, 11) is -4.41. The van der Waals surface area contributed by atoms with Crippen molar-refractivity contribution in [3.8, 4) is 11.5 Å². The van der Waals surface area contributed by atoms with Gasteiger partial charge in [-0.25, -0.2) is 12.8 Å². The van der Waals surface area contributed by atoms with E-state index in [9.17, 15) is 35.9 Å². The second-order valence-corrected chi connectivity index (χ2v) is 7.24. The highest BCUT2D eigenvalue weighted by atomic mass is 32.2. The SMILES string of the molecule is O=C(O)[C@@H](Cc1ccc(O)c(F)c1)NS(=O)(=O)c1ccc(OC(F)(F)F)cc1. The Kier molecular flexibility index (Phi) is 6.14. The summed E-state index contributed by atoms with van der Waals surface area (Å²) in [6.07, 6.45) is -5.40. The van der Waals surface area contributed by atoms with Crippen LogP contribution in [0.1, 0.15) is 5.56 Å². The number of sulfonamides is 1. The lowest BCUT2D eigenvalue weighted by Gasteiger charge is -2.15. The van der Waals surface area contributed by atoms with E-state index in [0.29, 0.717) is 0 Å². The number of benzene rings is 2. The van der Waals surface area contributed by atoms with Gasteiger partial charge in [-0.05, 0) is 48.4 Å². The summed E-state index contributed by atoms with van der Waals surface area (Å²) >= 11 is 0. The van der Waals surface area contributed by atoms with E-state index in [0.717, 1.165) is 36.4 Å². The Morgan fingerprint density at radius 1 is 1.14 bits per heavy atom. The van der Waals surface area contributed by atoms with Crippen molar-refractivity contribution in [2.24, 2.45) is 0 Å². The number of carbonyl (C=O) groups is 1. The average molecular weight is 423 g/mol. The molecular formula is C16H13F4NO6S. The molecule has 2 aromatic carbocycles. The van der Waals surface area contributed by atoms with Gasteiger partial charge in [-0.2, -0.15) is 4.72 Å². The third-order valence-electron chi connectivity index (χ3n) is 3.42. The summed E-state index contributed by atoms with van der Waals surface area (Å²) < 4.78 is 79.9. The lowest BCUT2D eigenvalue weighted by Crippen LogP contribution is -2.42. The minimum Gasteiger partial charge on any atom is -0.505 e. The van der Waals surface area contributed by atoms with Gasteiger partial charge in [0.1, 0.15) is 11.8 Å². The third kappa shape index (κ3) is 5.82. The molecule has 0 spiro atoms. The Labute approximate surface area is 156 Å². The van der Waals surface area contributed by atoms with E-state index in [1.54, 1.807) is 0 Å². The first-order valence-corrected chi connectivity index (χ1v) is 8.94. The normalized spacial score (nSPS) is 13.1. The number of aromatic hydroxyl groups is 1. The predicted octanol–water partition coefficient (Wildman–Crippen LogP) is 2.40. The number of phenols is 1. The number of carboxylic acids is 1. The monoisotopic (exact) mass is 423 g/mol. The number of ether oxygens (including phenoxy) is 1. The van der Waals surface area contributed by atoms with Crippen LogP contribution in [0.2, 0.25) is 0 Å². The number of hydrogen-bond acceptors (Lipinski definition) is 5. The smallest absolute Gasteiger partial charge is 0.505 e. The van der Waals surface area contributed by atoms with Gasteiger partial charge in [0.15, 0.2) is 11.6 Å². The number of rotatable bonds is 7. The lowest BCUT2D eigenvalue weighted by molar-refractivity contribution is -0.274. The topological polar surface area (TPSA) is 113 Å². The summed E-state index contributed by atoms with van der Waals surface area (Å²) in [6.45, 7) is 0. The zero-order valence-electron chi connectivity index (χ0n) is 13.8. The minimum absolute atomic E-state index is 0.0966. The molecule has 0 aromatic heterocycles. The zero-order chi connectivity index (χ0) is 21.1. The van der Waals surface area contributed by atoms with Gasteiger partial charge >= 0.3 is 12.3 Å². The molecule has 2 rings (SSSR count). The fourth-order valence-electron chi connectivity index (χ4n) is 2.17. The van der Waals surface area contributed by atoms with E-state index in [1.165, 1.54) is 6.07 Å². The minimum atomic E-state index is -4.95. The molecule has 28 heavy (non-hydrogen) atoms. The van der Waals surface area contributed by atoms with Gasteiger partial charge in [-0.15, -0.1) is 13.2 Å². The molecule has 0 bridgehead atoms. The third-order valence-corrected chi connectivity index (χ3v) is 4.90. The van der Waals surface area contributed by atoms with Crippen molar-refractivity contribution in [3.05, 3.63) is 53.8 Å². The van der Waals surface area contributed by atoms with Crippen LogP contribution in [0.15, 0.2) is 47.4 Å². The molecular weight excluding hydrogens is 410 g/mol. The highest BCUT2D eigenvalue weighted by molar-refractivity contribution is 7.89. The molecule has 1 atom stereocenters. The first-order valence-electron chi connectivity index (χ1n) is 7.46. The van der Waals surface area contributed by atoms with Crippen molar-refractivity contribution < 1.29 is 45.7 Å². The number of aliphatic carboxylic acids is 1. The highest BCUT2D eigenvalue weighted by Crippen LogP contribution is 2.24. The van der Waals surface area contributed by atoms with Crippen LogP contribution in [0.3, 0.4) is 0 Å². The Bertz CT molecular complexity index is 960. The summed E-state index contributed by atoms with van der Waals surface area (Å²) in [5.41, 5.74) is 0.0966. The van der Waals surface area contributed by atoms with Crippen LogP contribution >= 0.6 is 0 Å². The first kappa shape index (κ1) is 21.4. The van der Waals surface area contributed by atoms with E-state index < -0.39 is 57.0 Å². The molecule has 0 amide bonds. The van der Waals surface area contributed by atoms with Crippen molar-refractivity contribution in [1.82, 2.24) is 4.72 Å². The highest BCUT2D eigenvalue weighted by Gasteiger charge is 2.31. The number of alkyl halides is 3. The quantitative estimate of drug-likeness (QED) is 0.590. The standard InChI is InChI=1S/C16H13F4NO6S/c17-12-7-9(1-6-14(12)22)8-13(15(23)24)21-28(25,26)11-4-2-10(3-5-11)27-16(18,19)20/h1-7,13,21-22H,8H2,(H,23,24)/t13-/m1/s1. The van der Waals surface area contributed by atoms with Crippen LogP contribution in [0.4, 0.5) is 17.6 Å². The number of phenolic OH excluding ortho intramolecular Hbond substituents is 1. The molecule has 0 unspecified atom stereocenters. The van der Waals surface area contributed by atoms with Crippen molar-refractivity contribution in [2.45, 2.75) is 23.7 Å². The zero-order valence-corrected chi connectivity index (χ0v) is 14.6. The Balaban J connectivity index is 2.18. The van der Waals surface area contributed by atoms with Crippen LogP contribution in [-0.4, -0.2) is 37.0 Å². The van der Waals surface area contributed by atoms with E-state index in [1.807, 2.05) is 4.72 Å². The number of halogens is 4. The predicted molar refractivity (Wildman–Crippen MR) is 86.6 cm³/mol. The molecule has 0 radical (unpaired) electrons. The van der Waals surface area contributed by atoms with Gasteiger partial charge in [0.05, 0.1) is 4.90 Å². The second kappa shape index (κ2) is 8.02. The fourth-order valence-corrected chi connectivity index (χ4v) is 3.36. The van der Waals surface area contributed by atoms with Crippen molar-refractivity contribution >= 4 is 16.0 Å². The molecule has 0 fully saturated rings. The molecule has 0 saturated carbocycles. The molecule has 2 aromatic rings. The number of nitrogens with one attached hydrogen (secondary N) is 1. The van der Waals surface area contributed by atoms with Gasteiger partial charge < -0.3 is 14.9 Å². The molecule has 0 saturated heterocycles. The van der Waals surface area contributed by atoms with E-state index in [2.05, 4.69) is 4.74 Å². The maximum absolute atomic E-state index is 13.4. The van der Waals surface area contributed by atoms with Crippen molar-refractivity contribution in [1.29, 1.82) is 0 Å². The Hall–Kier alpha value is -2.86. The van der Waals surface area contributed by atoms with E-state index >= 15 is 0 Å². The molecule has 7 nitrogen and oxygen atoms in total. The molecule has 152 valence electrons. The van der Waals surface area contributed by atoms with Gasteiger partial charge in [-0.3, -0.25) is 4.79 Å². The molecule has 0 heterocycles.